The molecule has 9 heteroatoms. The Balaban J connectivity index is 0.000000112. The topological polar surface area (TPSA) is 87.8 Å². The molecule has 0 aliphatic heterocycles. The van der Waals surface area contributed by atoms with Crippen LogP contribution in [-0.4, -0.2) is 15.0 Å². The molecule has 0 atom stereocenters. The summed E-state index contributed by atoms with van der Waals surface area (Å²) < 4.78 is 19.3. The van der Waals surface area contributed by atoms with E-state index >= 15 is 0 Å². The summed E-state index contributed by atoms with van der Waals surface area (Å²) in [6, 6.07) is 177. The van der Waals surface area contributed by atoms with Gasteiger partial charge in [-0.15, -0.1) is 0 Å². The second-order valence-corrected chi connectivity index (χ2v) is 40.1. The van der Waals surface area contributed by atoms with E-state index in [-0.39, 0.29) is 16.2 Å². The summed E-state index contributed by atoms with van der Waals surface area (Å²) >= 11 is 0. The van der Waals surface area contributed by atoms with Crippen LogP contribution < -0.4 is 14.7 Å². The van der Waals surface area contributed by atoms with E-state index < -0.39 is 0 Å². The number of rotatable bonds is 16. The van der Waals surface area contributed by atoms with Crippen molar-refractivity contribution in [3.63, 3.8) is 0 Å². The van der Waals surface area contributed by atoms with Crippen molar-refractivity contribution in [3.05, 3.63) is 531 Å². The minimum Gasteiger partial charge on any atom is -0.435 e. The molecular formula is C138H100N6O3. The van der Waals surface area contributed by atoms with Gasteiger partial charge >= 0.3 is 0 Å². The maximum Gasteiger partial charge on any atom is 0.227 e. The Morgan fingerprint density at radius 2 is 0.422 bits per heavy atom. The highest BCUT2D eigenvalue weighted by atomic mass is 16.4. The molecule has 28 rings (SSSR count). The van der Waals surface area contributed by atoms with Gasteiger partial charge < -0.3 is 28.0 Å². The first-order chi connectivity index (χ1) is 72.1. The average Bonchev–Trinajstić information content (AvgIpc) is 1.57. The van der Waals surface area contributed by atoms with Gasteiger partial charge in [-0.2, -0.15) is 0 Å². The maximum absolute atomic E-state index is 6.50. The molecule has 22 aromatic carbocycles. The van der Waals surface area contributed by atoms with Crippen LogP contribution in [-0.2, 0) is 16.2 Å². The molecule has 3 aliphatic rings. The van der Waals surface area contributed by atoms with Gasteiger partial charge in [0.2, 0.25) is 17.7 Å². The average molecular weight is 1890 g/mol. The van der Waals surface area contributed by atoms with Gasteiger partial charge in [-0.05, 0) is 303 Å². The van der Waals surface area contributed by atoms with Crippen LogP contribution in [0, 0.1) is 0 Å². The van der Waals surface area contributed by atoms with E-state index in [2.05, 4.69) is 481 Å². The zero-order valence-corrected chi connectivity index (χ0v) is 82.3. The molecule has 0 fully saturated rings. The summed E-state index contributed by atoms with van der Waals surface area (Å²) in [4.78, 5) is 21.6. The molecule has 0 bridgehead atoms. The molecule has 3 aliphatic carbocycles. The van der Waals surface area contributed by atoms with Crippen molar-refractivity contribution in [1.82, 2.24) is 15.0 Å². The zero-order valence-electron chi connectivity index (χ0n) is 82.3. The minimum atomic E-state index is -0.0765. The Hall–Kier alpha value is -18.6. The number of hydrogen-bond acceptors (Lipinski definition) is 9. The van der Waals surface area contributed by atoms with Crippen molar-refractivity contribution in [3.8, 4) is 112 Å². The molecule has 0 saturated heterocycles. The molecule has 0 spiro atoms. The van der Waals surface area contributed by atoms with Gasteiger partial charge in [0.1, 0.15) is 16.6 Å². The van der Waals surface area contributed by atoms with E-state index in [1.165, 1.54) is 77.9 Å². The van der Waals surface area contributed by atoms with Crippen molar-refractivity contribution < 1.29 is 13.3 Å². The van der Waals surface area contributed by atoms with Crippen LogP contribution in [0.25, 0.3) is 178 Å². The van der Waals surface area contributed by atoms with Gasteiger partial charge in [0, 0.05) is 100 Å². The fraction of sp³-hybridized carbons (Fsp3) is 0.0652. The Bertz CT molecular complexity index is 9340. The van der Waals surface area contributed by atoms with Crippen LogP contribution in [0.4, 0.5) is 51.2 Å². The summed E-state index contributed by atoms with van der Waals surface area (Å²) in [7, 11) is 0. The summed E-state index contributed by atoms with van der Waals surface area (Å²) in [5, 5.41) is 6.57. The van der Waals surface area contributed by atoms with Gasteiger partial charge in [0.25, 0.3) is 0 Å². The molecule has 0 N–H and O–H groups in total. The van der Waals surface area contributed by atoms with Crippen LogP contribution in [0.3, 0.4) is 0 Å². The number of benzene rings is 22. The summed E-state index contributed by atoms with van der Waals surface area (Å²) in [6.07, 6.45) is 0. The molecule has 0 radical (unpaired) electrons. The van der Waals surface area contributed by atoms with Crippen molar-refractivity contribution in [2.75, 3.05) is 14.7 Å². The second-order valence-electron chi connectivity index (χ2n) is 40.1. The molecule has 3 heterocycles. The lowest BCUT2D eigenvalue weighted by Gasteiger charge is -2.28. The molecule has 147 heavy (non-hydrogen) atoms. The van der Waals surface area contributed by atoms with Crippen LogP contribution in [0.1, 0.15) is 74.9 Å². The van der Waals surface area contributed by atoms with Crippen molar-refractivity contribution >= 4 is 117 Å². The Labute approximate surface area is 854 Å². The third kappa shape index (κ3) is 15.8. The fourth-order valence-corrected chi connectivity index (χ4v) is 22.7. The third-order valence-corrected chi connectivity index (χ3v) is 30.3. The molecule has 3 aromatic heterocycles. The number of fused-ring (bicyclic) bond motifs is 18. The molecule has 0 amide bonds. The fourth-order valence-electron chi connectivity index (χ4n) is 22.7. The van der Waals surface area contributed by atoms with E-state index in [0.717, 1.165) is 167 Å². The Morgan fingerprint density at radius 3 is 0.803 bits per heavy atom. The molecular weight excluding hydrogens is 1790 g/mol. The lowest BCUT2D eigenvalue weighted by Crippen LogP contribution is -2.16. The van der Waals surface area contributed by atoms with Gasteiger partial charge in [-0.3, -0.25) is 0 Å². The van der Waals surface area contributed by atoms with E-state index in [9.17, 15) is 0 Å². The molecule has 0 saturated carbocycles. The Morgan fingerprint density at radius 1 is 0.170 bits per heavy atom. The Kier molecular flexibility index (Phi) is 21.8. The summed E-state index contributed by atoms with van der Waals surface area (Å²) in [5.74, 6) is 1.90. The van der Waals surface area contributed by atoms with Crippen LogP contribution in [0.2, 0.25) is 0 Å². The molecule has 25 aromatic rings. The summed E-state index contributed by atoms with van der Waals surface area (Å²) in [5.41, 5.74) is 43.2. The first kappa shape index (κ1) is 88.6. The largest absolute Gasteiger partial charge is 0.435 e. The minimum absolute atomic E-state index is 0.0684. The standard InChI is InChI=1S/C50H36N2O.2C44H32N2O/c1-50(2)45-16-10-9-15-42(45)43-29-28-41(32-46(43)50)52(39-13-7-4-8-14-39)40-26-23-35(24-27-40)38-22-19-36-25-30-47-48(44(36)31-38)53-49(51-47)37-20-17-34(18-21-37)33-11-5-3-6-12-33;1-44(2)38-19-10-9-17-36(38)37-26-25-34(28-39(37)44)46(32-15-7-4-8-16-32)33-23-20-29(21-24-33)35-18-11-14-30-22-27-40-42(41(30)35)47-43(45-40)31-12-5-3-6-13-31;1-44(2)39-16-10-9-15-36(39)37-25-24-35(28-40(37)44)46(33-13-7-4-8-14-33)34-22-19-29(20-23-34)32-18-17-30-21-26-41-42(38(30)27-32)47-43(45-41)31-11-5-3-6-12-31/h3-32H,1-2H3;2*3-28H,1-2H3. The zero-order chi connectivity index (χ0) is 98.6. The van der Waals surface area contributed by atoms with E-state index in [1.807, 2.05) is 72.8 Å². The monoisotopic (exact) mass is 1890 g/mol. The quantitative estimate of drug-likeness (QED) is 0.0938. The molecule has 0 unspecified atom stereocenters. The second kappa shape index (κ2) is 36.1. The van der Waals surface area contributed by atoms with E-state index in [1.54, 1.807) is 0 Å². The number of hydrogen-bond donors (Lipinski definition) is 0. The van der Waals surface area contributed by atoms with Crippen molar-refractivity contribution in [1.29, 1.82) is 0 Å². The number of oxazole rings is 3. The van der Waals surface area contributed by atoms with Crippen LogP contribution >= 0.6 is 0 Å². The highest BCUT2D eigenvalue weighted by Crippen LogP contribution is 2.56. The maximum atomic E-state index is 6.50. The van der Waals surface area contributed by atoms with E-state index in [4.69, 9.17) is 28.2 Å². The number of nitrogens with zero attached hydrogens (tertiary/aromatic N) is 6. The molecule has 700 valence electrons. The third-order valence-electron chi connectivity index (χ3n) is 30.3. The predicted molar refractivity (Wildman–Crippen MR) is 609 cm³/mol. The predicted octanol–water partition coefficient (Wildman–Crippen LogP) is 37.9. The first-order valence-electron chi connectivity index (χ1n) is 50.5. The van der Waals surface area contributed by atoms with Gasteiger partial charge in [0.05, 0.1) is 0 Å². The van der Waals surface area contributed by atoms with Crippen LogP contribution in [0.15, 0.2) is 511 Å². The number of anilines is 9. The first-order valence-corrected chi connectivity index (χ1v) is 50.5. The SMILES string of the molecule is CC1(C)c2ccccc2-c2ccc(N(c3ccccc3)c3ccc(-c4ccc5ccc6nc(-c7ccc(-c8ccccc8)cc7)oc6c5c4)cc3)cc21.CC1(C)c2ccccc2-c2ccc(N(c3ccccc3)c3ccc(-c4ccc5ccc6nc(-c7ccccc7)oc6c5c4)cc3)cc21.CC1(C)c2ccccc2-c2ccc(N(c3ccccc3)c3ccc(-c4cccc5ccc6nc(-c7ccccc7)oc6c45)cc3)cc21. The highest BCUT2D eigenvalue weighted by Gasteiger charge is 2.40. The summed E-state index contributed by atoms with van der Waals surface area (Å²) in [6.45, 7) is 14.0. The molecule has 9 nitrogen and oxygen atoms in total. The lowest BCUT2D eigenvalue weighted by molar-refractivity contribution is 0.622. The highest BCUT2D eigenvalue weighted by molar-refractivity contribution is 6.12. The van der Waals surface area contributed by atoms with Crippen LogP contribution in [0.5, 0.6) is 0 Å². The van der Waals surface area contributed by atoms with Crippen molar-refractivity contribution in [2.45, 2.75) is 57.8 Å². The van der Waals surface area contributed by atoms with E-state index in [0.29, 0.717) is 17.7 Å². The van der Waals surface area contributed by atoms with Gasteiger partial charge in [0.15, 0.2) is 16.7 Å². The van der Waals surface area contributed by atoms with Gasteiger partial charge in [-0.25, -0.2) is 15.0 Å². The van der Waals surface area contributed by atoms with Gasteiger partial charge in [-0.1, -0.05) is 363 Å². The van der Waals surface area contributed by atoms with Crippen molar-refractivity contribution in [2.24, 2.45) is 0 Å². The number of para-hydroxylation sites is 3. The smallest absolute Gasteiger partial charge is 0.227 e. The number of aromatic nitrogens is 3. The normalized spacial score (nSPS) is 13.0. The lowest BCUT2D eigenvalue weighted by atomic mass is 9.82.